The molecule has 8 heteroatoms. The van der Waals surface area contributed by atoms with Gasteiger partial charge in [0.15, 0.2) is 17.3 Å². The van der Waals surface area contributed by atoms with Crippen LogP contribution in [0.1, 0.15) is 42.7 Å². The molecule has 8 nitrogen and oxygen atoms in total. The van der Waals surface area contributed by atoms with Crippen molar-refractivity contribution in [3.8, 4) is 17.2 Å². The van der Waals surface area contributed by atoms with E-state index in [0.717, 1.165) is 5.56 Å². The largest absolute Gasteiger partial charge is 0.508 e. The Labute approximate surface area is 210 Å². The van der Waals surface area contributed by atoms with Gasteiger partial charge in [-0.2, -0.15) is 0 Å². The summed E-state index contributed by atoms with van der Waals surface area (Å²) in [6.07, 6.45) is 0.804. The first-order valence-electron chi connectivity index (χ1n) is 11.9. The number of carbonyl (C=O) groups is 2. The van der Waals surface area contributed by atoms with Gasteiger partial charge in [0.2, 0.25) is 0 Å². The molecule has 0 aromatic heterocycles. The summed E-state index contributed by atoms with van der Waals surface area (Å²) in [5.41, 5.74) is 3.37. The van der Waals surface area contributed by atoms with Gasteiger partial charge in [-0.05, 0) is 54.7 Å². The Kier molecular flexibility index (Phi) is 7.74. The van der Waals surface area contributed by atoms with Gasteiger partial charge in [-0.3, -0.25) is 14.6 Å². The van der Waals surface area contributed by atoms with E-state index in [-0.39, 0.29) is 37.1 Å². The predicted molar refractivity (Wildman–Crippen MR) is 134 cm³/mol. The fourth-order valence-corrected chi connectivity index (χ4v) is 5.10. The topological polar surface area (TPSA) is 104 Å². The smallest absolute Gasteiger partial charge is 0.315 e. The highest BCUT2D eigenvalue weighted by molar-refractivity contribution is 6.09. The summed E-state index contributed by atoms with van der Waals surface area (Å²) in [5, 5.41) is 10.2. The molecule has 0 fully saturated rings. The number of nitrogens with zero attached hydrogens (tertiary/aromatic N) is 1. The lowest BCUT2D eigenvalue weighted by Crippen LogP contribution is -2.38. The van der Waals surface area contributed by atoms with Crippen LogP contribution < -0.4 is 9.47 Å². The van der Waals surface area contributed by atoms with Crippen molar-refractivity contribution in [3.05, 3.63) is 64.9 Å². The second kappa shape index (κ2) is 11.0. The zero-order valence-corrected chi connectivity index (χ0v) is 20.9. The van der Waals surface area contributed by atoms with Crippen molar-refractivity contribution in [2.45, 2.75) is 31.6 Å². The van der Waals surface area contributed by atoms with E-state index in [1.807, 2.05) is 24.3 Å². The number of hydrogen-bond donors (Lipinski definition) is 1. The fourth-order valence-electron chi connectivity index (χ4n) is 5.10. The number of esters is 1. The number of benzene rings is 2. The Balaban J connectivity index is 1.74. The molecular weight excluding hydrogens is 462 g/mol. The highest BCUT2D eigenvalue weighted by Crippen LogP contribution is 2.47. The Morgan fingerprint density at radius 1 is 1.00 bits per heavy atom. The standard InChI is InChI=1S/C28H31NO7/c1-16-25(28(32)36-11-10-33-2)26(18-6-5-7-20(30)12-18)27-21(29-16)13-19(14-22(27)31)17-8-9-23(34-3)24(15-17)35-4/h5-9,12,15,19,25-26,30H,10-11,13-14H2,1-4H3/t19-,25?,26+/m1/s1. The predicted octanol–water partition coefficient (Wildman–Crippen LogP) is 4.17. The van der Waals surface area contributed by atoms with Crippen LogP contribution in [0.25, 0.3) is 0 Å². The molecule has 1 aliphatic heterocycles. The molecule has 4 rings (SSSR count). The molecule has 2 aromatic rings. The first-order chi connectivity index (χ1) is 17.4. The van der Waals surface area contributed by atoms with Gasteiger partial charge < -0.3 is 24.1 Å². The number of carbonyl (C=O) groups excluding carboxylic acids is 2. The lowest BCUT2D eigenvalue weighted by molar-refractivity contribution is -0.147. The zero-order chi connectivity index (χ0) is 25.8. The zero-order valence-electron chi connectivity index (χ0n) is 20.9. The number of methoxy groups -OCH3 is 3. The number of rotatable bonds is 8. The first kappa shape index (κ1) is 25.4. The molecular formula is C28H31NO7. The monoisotopic (exact) mass is 493 g/mol. The number of Topliss-reactive ketones (excluding diaryl/α,β-unsaturated/α-hetero) is 1. The number of ketones is 1. The van der Waals surface area contributed by atoms with E-state index in [2.05, 4.69) is 0 Å². The summed E-state index contributed by atoms with van der Waals surface area (Å²) in [6.45, 7) is 2.16. The summed E-state index contributed by atoms with van der Waals surface area (Å²) in [7, 11) is 4.69. The van der Waals surface area contributed by atoms with Gasteiger partial charge in [0, 0.05) is 36.4 Å². The van der Waals surface area contributed by atoms with Gasteiger partial charge in [0.1, 0.15) is 18.3 Å². The van der Waals surface area contributed by atoms with Gasteiger partial charge in [-0.15, -0.1) is 0 Å². The second-order valence-electron chi connectivity index (χ2n) is 8.97. The van der Waals surface area contributed by atoms with Crippen molar-refractivity contribution >= 4 is 17.5 Å². The van der Waals surface area contributed by atoms with Crippen LogP contribution >= 0.6 is 0 Å². The summed E-state index contributed by atoms with van der Waals surface area (Å²) >= 11 is 0. The summed E-state index contributed by atoms with van der Waals surface area (Å²) < 4.78 is 21.3. The van der Waals surface area contributed by atoms with E-state index in [1.54, 1.807) is 39.3 Å². The van der Waals surface area contributed by atoms with Crippen LogP contribution in [-0.4, -0.2) is 57.1 Å². The van der Waals surface area contributed by atoms with E-state index < -0.39 is 17.8 Å². The van der Waals surface area contributed by atoms with Gasteiger partial charge in [0.05, 0.1) is 20.8 Å². The number of aliphatic imine (C=N–C) groups is 1. The molecule has 0 radical (unpaired) electrons. The SMILES string of the molecule is COCCOC(=O)C1C(C)=NC2=C(C(=O)C[C@H](c3ccc(OC)c(OC)c3)C2)[C@H]1c1cccc(O)c1. The molecule has 0 amide bonds. The van der Waals surface area contributed by atoms with E-state index in [4.69, 9.17) is 23.9 Å². The molecule has 1 unspecified atom stereocenters. The van der Waals surface area contributed by atoms with Crippen molar-refractivity contribution in [1.82, 2.24) is 0 Å². The van der Waals surface area contributed by atoms with Crippen molar-refractivity contribution in [2.24, 2.45) is 10.9 Å². The molecule has 2 aromatic carbocycles. The molecule has 0 spiro atoms. The third-order valence-electron chi connectivity index (χ3n) is 6.78. The van der Waals surface area contributed by atoms with Crippen molar-refractivity contribution in [2.75, 3.05) is 34.5 Å². The van der Waals surface area contributed by atoms with Crippen LogP contribution in [0, 0.1) is 5.92 Å². The highest BCUT2D eigenvalue weighted by Gasteiger charge is 2.45. The molecule has 3 atom stereocenters. The quantitative estimate of drug-likeness (QED) is 0.435. The Morgan fingerprint density at radius 2 is 1.78 bits per heavy atom. The second-order valence-corrected chi connectivity index (χ2v) is 8.97. The summed E-state index contributed by atoms with van der Waals surface area (Å²) in [5.74, 6) is -0.730. The molecule has 36 heavy (non-hydrogen) atoms. The molecule has 1 aliphatic carbocycles. The normalized spacial score (nSPS) is 21.5. The van der Waals surface area contributed by atoms with Crippen molar-refractivity contribution in [3.63, 3.8) is 0 Å². The maximum Gasteiger partial charge on any atom is 0.315 e. The number of phenols is 1. The van der Waals surface area contributed by atoms with E-state index in [9.17, 15) is 14.7 Å². The number of aromatic hydroxyl groups is 1. The van der Waals surface area contributed by atoms with Gasteiger partial charge in [-0.25, -0.2) is 0 Å². The maximum absolute atomic E-state index is 13.7. The van der Waals surface area contributed by atoms with E-state index >= 15 is 0 Å². The first-order valence-corrected chi connectivity index (χ1v) is 11.9. The fraction of sp³-hybridized carbons (Fsp3) is 0.393. The van der Waals surface area contributed by atoms with Crippen LogP contribution in [0.5, 0.6) is 17.2 Å². The number of allylic oxidation sites excluding steroid dienone is 2. The van der Waals surface area contributed by atoms with Crippen LogP contribution in [0.15, 0.2) is 58.7 Å². The summed E-state index contributed by atoms with van der Waals surface area (Å²) in [6, 6.07) is 12.3. The van der Waals surface area contributed by atoms with Crippen molar-refractivity contribution < 1.29 is 33.6 Å². The van der Waals surface area contributed by atoms with Gasteiger partial charge >= 0.3 is 5.97 Å². The van der Waals surface area contributed by atoms with Crippen LogP contribution in [0.2, 0.25) is 0 Å². The van der Waals surface area contributed by atoms with E-state index in [0.29, 0.717) is 40.5 Å². The lowest BCUT2D eigenvalue weighted by atomic mass is 9.69. The Morgan fingerprint density at radius 3 is 2.47 bits per heavy atom. The Hall–Kier alpha value is -3.65. The molecule has 190 valence electrons. The molecule has 1 heterocycles. The molecule has 1 N–H and O–H groups in total. The molecule has 0 saturated carbocycles. The minimum absolute atomic E-state index is 0.0628. The molecule has 0 saturated heterocycles. The van der Waals surface area contributed by atoms with Crippen LogP contribution in [-0.2, 0) is 19.1 Å². The third kappa shape index (κ3) is 4.99. The highest BCUT2D eigenvalue weighted by atomic mass is 16.6. The number of hydrogen-bond acceptors (Lipinski definition) is 8. The van der Waals surface area contributed by atoms with Crippen LogP contribution in [0.3, 0.4) is 0 Å². The minimum Gasteiger partial charge on any atom is -0.508 e. The van der Waals surface area contributed by atoms with Crippen molar-refractivity contribution in [1.29, 1.82) is 0 Å². The lowest BCUT2D eigenvalue weighted by Gasteiger charge is -2.36. The molecule has 2 aliphatic rings. The Bertz CT molecular complexity index is 1220. The minimum atomic E-state index is -0.774. The van der Waals surface area contributed by atoms with Gasteiger partial charge in [-0.1, -0.05) is 18.2 Å². The number of ether oxygens (including phenoxy) is 4. The maximum atomic E-state index is 13.7. The summed E-state index contributed by atoms with van der Waals surface area (Å²) in [4.78, 5) is 31.6. The third-order valence-corrected chi connectivity index (χ3v) is 6.78. The average molecular weight is 494 g/mol. The van der Waals surface area contributed by atoms with Crippen LogP contribution in [0.4, 0.5) is 0 Å². The number of phenolic OH excluding ortho intramolecular Hbond substituents is 1. The van der Waals surface area contributed by atoms with E-state index in [1.165, 1.54) is 7.11 Å². The molecule has 0 bridgehead atoms. The average Bonchev–Trinajstić information content (AvgIpc) is 2.87. The van der Waals surface area contributed by atoms with Gasteiger partial charge in [0.25, 0.3) is 0 Å².